The van der Waals surface area contributed by atoms with Crippen LogP contribution in [0, 0.1) is 0 Å². The molecule has 1 heterocycles. The van der Waals surface area contributed by atoms with Gasteiger partial charge in [-0.1, -0.05) is 24.3 Å². The largest absolute Gasteiger partial charge is 0.480 e. The summed E-state index contributed by atoms with van der Waals surface area (Å²) in [5.41, 5.74) is -0.312. The molecule has 0 bridgehead atoms. The van der Waals surface area contributed by atoms with Crippen LogP contribution in [0.3, 0.4) is 0 Å². The third kappa shape index (κ3) is 1.59. The van der Waals surface area contributed by atoms with Crippen molar-refractivity contribution in [3.63, 3.8) is 0 Å². The Balaban J connectivity index is 2.63. The number of carboxylic acid groups (broad SMARTS) is 1. The Morgan fingerprint density at radius 1 is 1.41 bits per heavy atom. The molecule has 2 N–H and O–H groups in total. The second kappa shape index (κ2) is 4.18. The van der Waals surface area contributed by atoms with E-state index < -0.39 is 17.4 Å². The van der Waals surface area contributed by atoms with Crippen LogP contribution in [0.25, 0.3) is 0 Å². The number of methoxy groups -OCH3 is 1. The Bertz CT molecular complexity index is 471. The van der Waals surface area contributed by atoms with Crippen molar-refractivity contribution in [1.82, 2.24) is 5.32 Å². The van der Waals surface area contributed by atoms with Gasteiger partial charge in [-0.15, -0.1) is 0 Å². The zero-order valence-electron chi connectivity index (χ0n) is 9.40. The first kappa shape index (κ1) is 11.6. The Morgan fingerprint density at radius 2 is 2.12 bits per heavy atom. The fourth-order valence-corrected chi connectivity index (χ4v) is 2.21. The summed E-state index contributed by atoms with van der Waals surface area (Å²) in [7, 11) is 1.20. The highest BCUT2D eigenvalue weighted by molar-refractivity contribution is 6.06. The fraction of sp³-hybridized carbons (Fsp3) is 0.333. The van der Waals surface area contributed by atoms with Gasteiger partial charge in [0, 0.05) is 13.1 Å². The van der Waals surface area contributed by atoms with Gasteiger partial charge in [0.25, 0.3) is 0 Å². The van der Waals surface area contributed by atoms with Gasteiger partial charge in [0.05, 0.1) is 7.11 Å². The van der Waals surface area contributed by atoms with E-state index in [1.54, 1.807) is 12.1 Å². The quantitative estimate of drug-likeness (QED) is 0.569. The van der Waals surface area contributed by atoms with Crippen LogP contribution < -0.4 is 5.32 Å². The van der Waals surface area contributed by atoms with Gasteiger partial charge in [-0.3, -0.25) is 9.59 Å². The van der Waals surface area contributed by atoms with Gasteiger partial charge in [-0.05, 0) is 11.1 Å². The molecule has 1 aliphatic rings. The third-order valence-electron chi connectivity index (χ3n) is 3.08. The van der Waals surface area contributed by atoms with E-state index in [9.17, 15) is 14.7 Å². The number of carboxylic acids is 1. The smallest absolute Gasteiger partial charge is 0.329 e. The third-order valence-corrected chi connectivity index (χ3v) is 3.08. The Hall–Kier alpha value is -1.88. The summed E-state index contributed by atoms with van der Waals surface area (Å²) < 4.78 is 4.65. The molecule has 2 rings (SSSR count). The molecule has 0 radical (unpaired) electrons. The second-order valence-electron chi connectivity index (χ2n) is 3.96. The average molecular weight is 235 g/mol. The van der Waals surface area contributed by atoms with Crippen LogP contribution in [-0.2, 0) is 26.3 Å². The minimum atomic E-state index is -1.64. The number of fused-ring (bicyclic) bond motifs is 1. The van der Waals surface area contributed by atoms with Crippen LogP contribution >= 0.6 is 0 Å². The maximum Gasteiger partial charge on any atom is 0.329 e. The van der Waals surface area contributed by atoms with Gasteiger partial charge < -0.3 is 15.2 Å². The van der Waals surface area contributed by atoms with Crippen molar-refractivity contribution in [3.05, 3.63) is 35.4 Å². The highest BCUT2D eigenvalue weighted by atomic mass is 16.5. The first-order valence-corrected chi connectivity index (χ1v) is 5.24. The predicted octanol–water partition coefficient (Wildman–Crippen LogP) is 0.285. The molecule has 0 spiro atoms. The van der Waals surface area contributed by atoms with Crippen LogP contribution in [0.2, 0.25) is 0 Å². The number of ether oxygens (including phenoxy) is 1. The molecule has 5 nitrogen and oxygen atoms in total. The first-order valence-electron chi connectivity index (χ1n) is 5.24. The molecular weight excluding hydrogens is 222 g/mol. The van der Waals surface area contributed by atoms with E-state index in [1.165, 1.54) is 7.11 Å². The lowest BCUT2D eigenvalue weighted by atomic mass is 9.75. The van der Waals surface area contributed by atoms with Crippen LogP contribution in [-0.4, -0.2) is 30.7 Å². The fourth-order valence-electron chi connectivity index (χ4n) is 2.21. The number of carbonyl (C=O) groups excluding carboxylic acids is 1. The van der Waals surface area contributed by atoms with E-state index in [2.05, 4.69) is 10.1 Å². The van der Waals surface area contributed by atoms with Crippen molar-refractivity contribution >= 4 is 11.9 Å². The normalized spacial score (nSPS) is 22.6. The topological polar surface area (TPSA) is 75.6 Å². The Morgan fingerprint density at radius 3 is 2.76 bits per heavy atom. The molecule has 1 aromatic carbocycles. The number of hydrogen-bond acceptors (Lipinski definition) is 4. The monoisotopic (exact) mass is 235 g/mol. The van der Waals surface area contributed by atoms with Crippen LogP contribution in [0.5, 0.6) is 0 Å². The summed E-state index contributed by atoms with van der Waals surface area (Å²) in [6.07, 6.45) is 0. The molecule has 0 fully saturated rings. The SMILES string of the molecule is COC(=O)C1(C(=O)O)CNCc2ccccc21. The van der Waals surface area contributed by atoms with Crippen molar-refractivity contribution < 1.29 is 19.4 Å². The number of benzene rings is 1. The molecule has 1 aliphatic heterocycles. The molecule has 0 aromatic heterocycles. The van der Waals surface area contributed by atoms with E-state index in [0.29, 0.717) is 12.1 Å². The molecule has 0 saturated heterocycles. The zero-order valence-corrected chi connectivity index (χ0v) is 9.40. The van der Waals surface area contributed by atoms with Crippen molar-refractivity contribution in [2.75, 3.05) is 13.7 Å². The second-order valence-corrected chi connectivity index (χ2v) is 3.96. The first-order chi connectivity index (χ1) is 8.13. The van der Waals surface area contributed by atoms with Gasteiger partial charge in [0.1, 0.15) is 0 Å². The summed E-state index contributed by atoms with van der Waals surface area (Å²) >= 11 is 0. The van der Waals surface area contributed by atoms with Crippen molar-refractivity contribution in [1.29, 1.82) is 0 Å². The summed E-state index contributed by atoms with van der Waals surface area (Å²) in [6.45, 7) is 0.605. The van der Waals surface area contributed by atoms with E-state index in [1.807, 2.05) is 12.1 Å². The number of aliphatic carboxylic acids is 1. The average Bonchev–Trinajstić information content (AvgIpc) is 2.36. The zero-order chi connectivity index (χ0) is 12.5. The van der Waals surface area contributed by atoms with Gasteiger partial charge in [-0.25, -0.2) is 0 Å². The molecule has 5 heteroatoms. The van der Waals surface area contributed by atoms with Gasteiger partial charge in [0.2, 0.25) is 5.41 Å². The van der Waals surface area contributed by atoms with E-state index in [0.717, 1.165) is 5.56 Å². The summed E-state index contributed by atoms with van der Waals surface area (Å²) in [4.78, 5) is 23.3. The maximum absolute atomic E-state index is 11.8. The van der Waals surface area contributed by atoms with Crippen molar-refractivity contribution in [3.8, 4) is 0 Å². The molecule has 0 aliphatic carbocycles. The van der Waals surface area contributed by atoms with Gasteiger partial charge >= 0.3 is 11.9 Å². The van der Waals surface area contributed by atoms with Gasteiger partial charge in [0.15, 0.2) is 0 Å². The van der Waals surface area contributed by atoms with Crippen molar-refractivity contribution in [2.24, 2.45) is 0 Å². The van der Waals surface area contributed by atoms with Crippen LogP contribution in [0.4, 0.5) is 0 Å². The van der Waals surface area contributed by atoms with E-state index in [4.69, 9.17) is 0 Å². The number of hydrogen-bond donors (Lipinski definition) is 2. The lowest BCUT2D eigenvalue weighted by molar-refractivity contribution is -0.160. The maximum atomic E-state index is 11.8. The Kier molecular flexibility index (Phi) is 2.85. The molecule has 17 heavy (non-hydrogen) atoms. The molecule has 1 atom stereocenters. The molecule has 1 aromatic rings. The summed E-state index contributed by atoms with van der Waals surface area (Å²) in [6, 6.07) is 7.02. The van der Waals surface area contributed by atoms with E-state index in [-0.39, 0.29) is 6.54 Å². The van der Waals surface area contributed by atoms with E-state index >= 15 is 0 Å². The lowest BCUT2D eigenvalue weighted by Gasteiger charge is -2.33. The Labute approximate surface area is 98.4 Å². The lowest BCUT2D eigenvalue weighted by Crippen LogP contribution is -2.54. The molecular formula is C12H13NO4. The van der Waals surface area contributed by atoms with Gasteiger partial charge in [-0.2, -0.15) is 0 Å². The highest BCUT2D eigenvalue weighted by Gasteiger charge is 2.51. The molecule has 1 unspecified atom stereocenters. The number of carbonyl (C=O) groups is 2. The minimum Gasteiger partial charge on any atom is -0.480 e. The number of rotatable bonds is 2. The number of nitrogens with one attached hydrogen (secondary N) is 1. The van der Waals surface area contributed by atoms with Crippen LogP contribution in [0.1, 0.15) is 11.1 Å². The van der Waals surface area contributed by atoms with Crippen LogP contribution in [0.15, 0.2) is 24.3 Å². The molecule has 0 amide bonds. The number of esters is 1. The minimum absolute atomic E-state index is 0.0476. The summed E-state index contributed by atoms with van der Waals surface area (Å²) in [5, 5.41) is 12.3. The molecule has 0 saturated carbocycles. The predicted molar refractivity (Wildman–Crippen MR) is 59.5 cm³/mol. The highest BCUT2D eigenvalue weighted by Crippen LogP contribution is 2.31. The standard InChI is InChI=1S/C12H13NO4/c1-17-11(16)12(10(14)15)7-13-6-8-4-2-3-5-9(8)12/h2-5,13H,6-7H2,1H3,(H,14,15). The molecule has 90 valence electrons. The summed E-state index contributed by atoms with van der Waals surface area (Å²) in [5.74, 6) is -1.94. The van der Waals surface area contributed by atoms with Crippen molar-refractivity contribution in [2.45, 2.75) is 12.0 Å².